The molecule has 25 heavy (non-hydrogen) atoms. The van der Waals surface area contributed by atoms with Gasteiger partial charge in [-0.15, -0.1) is 0 Å². The number of nitrogens with one attached hydrogen (secondary N) is 1. The molecule has 128 valence electrons. The molecule has 4 nitrogen and oxygen atoms in total. The van der Waals surface area contributed by atoms with Crippen LogP contribution in [0.4, 0.5) is 4.39 Å². The van der Waals surface area contributed by atoms with Gasteiger partial charge in [0.15, 0.2) is 0 Å². The van der Waals surface area contributed by atoms with Crippen molar-refractivity contribution in [2.24, 2.45) is 0 Å². The number of halogens is 1. The molecule has 0 unspecified atom stereocenters. The number of rotatable bonds is 5. The minimum absolute atomic E-state index is 0.0654. The molecule has 3 rings (SSSR count). The van der Waals surface area contributed by atoms with E-state index in [1.807, 2.05) is 37.3 Å². The molecule has 0 saturated heterocycles. The van der Waals surface area contributed by atoms with Gasteiger partial charge in [-0.2, -0.15) is 0 Å². The minimum Gasteiger partial charge on any atom is -0.256 e. The highest BCUT2D eigenvalue weighted by Gasteiger charge is 2.16. The molecule has 1 heterocycles. The lowest BCUT2D eigenvalue weighted by Gasteiger charge is -2.11. The maximum atomic E-state index is 13.3. The fraction of sp³-hybridized carbons (Fsp3) is 0.105. The molecule has 0 aliphatic rings. The zero-order valence-electron chi connectivity index (χ0n) is 13.6. The quantitative estimate of drug-likeness (QED) is 0.759. The highest BCUT2D eigenvalue weighted by Crippen LogP contribution is 2.22. The average Bonchev–Trinajstić information content (AvgIpc) is 2.60. The summed E-state index contributed by atoms with van der Waals surface area (Å²) < 4.78 is 40.5. The summed E-state index contributed by atoms with van der Waals surface area (Å²) in [5.41, 5.74) is 3.47. The summed E-state index contributed by atoms with van der Waals surface area (Å²) >= 11 is 0. The number of nitrogens with zero attached hydrogens (tertiary/aromatic N) is 1. The molecule has 0 saturated carbocycles. The molecule has 0 aliphatic carbocycles. The normalized spacial score (nSPS) is 11.4. The number of aryl methyl sites for hydroxylation is 1. The number of hydrogen-bond acceptors (Lipinski definition) is 3. The molecule has 6 heteroatoms. The highest BCUT2D eigenvalue weighted by atomic mass is 32.2. The lowest BCUT2D eigenvalue weighted by Crippen LogP contribution is -2.23. The molecule has 1 aromatic heterocycles. The third-order valence-corrected chi connectivity index (χ3v) is 5.14. The van der Waals surface area contributed by atoms with Gasteiger partial charge in [-0.05, 0) is 42.8 Å². The van der Waals surface area contributed by atoms with E-state index in [0.29, 0.717) is 5.69 Å². The van der Waals surface area contributed by atoms with E-state index in [0.717, 1.165) is 22.8 Å². The first-order valence-corrected chi connectivity index (χ1v) is 9.20. The second kappa shape index (κ2) is 7.13. The maximum absolute atomic E-state index is 13.3. The predicted octanol–water partition coefficient (Wildman–Crippen LogP) is 3.67. The van der Waals surface area contributed by atoms with Crippen molar-refractivity contribution in [2.45, 2.75) is 18.4 Å². The first-order chi connectivity index (χ1) is 12.0. The Hall–Kier alpha value is -2.57. The fourth-order valence-electron chi connectivity index (χ4n) is 2.52. The van der Waals surface area contributed by atoms with Crippen molar-refractivity contribution in [3.8, 4) is 11.3 Å². The summed E-state index contributed by atoms with van der Waals surface area (Å²) in [5, 5.41) is 0. The summed E-state index contributed by atoms with van der Waals surface area (Å²) in [7, 11) is -3.81. The van der Waals surface area contributed by atoms with Crippen LogP contribution in [0.25, 0.3) is 11.3 Å². The molecule has 3 aromatic rings. The van der Waals surface area contributed by atoms with Gasteiger partial charge in [-0.3, -0.25) is 4.98 Å². The van der Waals surface area contributed by atoms with E-state index in [1.54, 1.807) is 12.3 Å². The topological polar surface area (TPSA) is 59.1 Å². The van der Waals surface area contributed by atoms with Crippen molar-refractivity contribution < 1.29 is 12.8 Å². The zero-order valence-corrected chi connectivity index (χ0v) is 14.4. The summed E-state index contributed by atoms with van der Waals surface area (Å²) in [6, 6.07) is 16.3. The van der Waals surface area contributed by atoms with Crippen LogP contribution in [0.3, 0.4) is 0 Å². The van der Waals surface area contributed by atoms with Crippen molar-refractivity contribution in [3.63, 3.8) is 0 Å². The average molecular weight is 356 g/mol. The summed E-state index contributed by atoms with van der Waals surface area (Å²) in [5.74, 6) is -0.593. The van der Waals surface area contributed by atoms with Gasteiger partial charge in [0, 0.05) is 18.3 Å². The van der Waals surface area contributed by atoms with Gasteiger partial charge in [0.25, 0.3) is 0 Å². The molecule has 2 aromatic carbocycles. The van der Waals surface area contributed by atoms with E-state index in [9.17, 15) is 12.8 Å². The lowest BCUT2D eigenvalue weighted by molar-refractivity contribution is 0.577. The van der Waals surface area contributed by atoms with Crippen LogP contribution in [0.5, 0.6) is 0 Å². The van der Waals surface area contributed by atoms with Gasteiger partial charge in [-0.1, -0.05) is 35.9 Å². The second-order valence-electron chi connectivity index (χ2n) is 5.66. The monoisotopic (exact) mass is 356 g/mol. The Kier molecular flexibility index (Phi) is 4.92. The van der Waals surface area contributed by atoms with Gasteiger partial charge < -0.3 is 0 Å². The van der Waals surface area contributed by atoms with Crippen LogP contribution in [0.1, 0.15) is 11.1 Å². The molecule has 1 N–H and O–H groups in total. The molecule has 0 amide bonds. The summed E-state index contributed by atoms with van der Waals surface area (Å²) in [4.78, 5) is 4.28. The SMILES string of the molecule is Cc1cccc(-c2ncccc2CNS(=O)(=O)c2cccc(F)c2)c1. The number of pyridine rings is 1. The third-order valence-electron chi connectivity index (χ3n) is 3.74. The van der Waals surface area contributed by atoms with E-state index in [-0.39, 0.29) is 11.4 Å². The van der Waals surface area contributed by atoms with Crippen LogP contribution < -0.4 is 4.72 Å². The van der Waals surface area contributed by atoms with Crippen LogP contribution in [0.15, 0.2) is 71.8 Å². The number of sulfonamides is 1. The summed E-state index contributed by atoms with van der Waals surface area (Å²) in [6.07, 6.45) is 1.67. The molecular weight excluding hydrogens is 339 g/mol. The molecule has 0 spiro atoms. The Balaban J connectivity index is 1.87. The van der Waals surface area contributed by atoms with Gasteiger partial charge >= 0.3 is 0 Å². The fourth-order valence-corrected chi connectivity index (χ4v) is 3.56. The van der Waals surface area contributed by atoms with E-state index in [2.05, 4.69) is 9.71 Å². The summed E-state index contributed by atoms with van der Waals surface area (Å²) in [6.45, 7) is 2.05. The van der Waals surface area contributed by atoms with Crippen LogP contribution in [-0.4, -0.2) is 13.4 Å². The standard InChI is InChI=1S/C19H17FN2O2S/c1-14-5-2-6-15(11-14)19-16(7-4-10-21-19)13-22-25(23,24)18-9-3-8-17(20)12-18/h2-12,22H,13H2,1H3. The van der Waals surface area contributed by atoms with Crippen LogP contribution in [-0.2, 0) is 16.6 Å². The number of hydrogen-bond donors (Lipinski definition) is 1. The van der Waals surface area contributed by atoms with Crippen molar-refractivity contribution in [3.05, 3.63) is 83.8 Å². The molecule has 0 bridgehead atoms. The number of aromatic nitrogens is 1. The lowest BCUT2D eigenvalue weighted by atomic mass is 10.0. The molecular formula is C19H17FN2O2S. The van der Waals surface area contributed by atoms with Crippen molar-refractivity contribution in [1.82, 2.24) is 9.71 Å². The Morgan fingerprint density at radius 2 is 1.84 bits per heavy atom. The van der Waals surface area contributed by atoms with Crippen LogP contribution in [0.2, 0.25) is 0 Å². The Bertz CT molecular complexity index is 1000. The molecule has 0 fully saturated rings. The molecule has 0 aliphatic heterocycles. The Morgan fingerprint density at radius 3 is 2.60 bits per heavy atom. The Labute approximate surface area is 146 Å². The first-order valence-electron chi connectivity index (χ1n) is 7.72. The first kappa shape index (κ1) is 17.3. The maximum Gasteiger partial charge on any atom is 0.240 e. The van der Waals surface area contributed by atoms with Gasteiger partial charge in [0.1, 0.15) is 5.82 Å². The van der Waals surface area contributed by atoms with Crippen molar-refractivity contribution >= 4 is 10.0 Å². The third kappa shape index (κ3) is 4.10. The number of benzene rings is 2. The smallest absolute Gasteiger partial charge is 0.240 e. The predicted molar refractivity (Wildman–Crippen MR) is 94.8 cm³/mol. The van der Waals surface area contributed by atoms with E-state index in [1.165, 1.54) is 18.2 Å². The van der Waals surface area contributed by atoms with E-state index in [4.69, 9.17) is 0 Å². The van der Waals surface area contributed by atoms with Crippen LogP contribution >= 0.6 is 0 Å². The Morgan fingerprint density at radius 1 is 1.04 bits per heavy atom. The van der Waals surface area contributed by atoms with E-state index < -0.39 is 15.8 Å². The second-order valence-corrected chi connectivity index (χ2v) is 7.43. The van der Waals surface area contributed by atoms with Gasteiger partial charge in [0.2, 0.25) is 10.0 Å². The van der Waals surface area contributed by atoms with E-state index >= 15 is 0 Å². The van der Waals surface area contributed by atoms with Gasteiger partial charge in [-0.25, -0.2) is 17.5 Å². The highest BCUT2D eigenvalue weighted by molar-refractivity contribution is 7.89. The largest absolute Gasteiger partial charge is 0.256 e. The zero-order chi connectivity index (χ0) is 17.9. The molecule has 0 atom stereocenters. The van der Waals surface area contributed by atoms with Crippen molar-refractivity contribution in [1.29, 1.82) is 0 Å². The van der Waals surface area contributed by atoms with Crippen LogP contribution in [0, 0.1) is 12.7 Å². The van der Waals surface area contributed by atoms with Crippen molar-refractivity contribution in [2.75, 3.05) is 0 Å². The minimum atomic E-state index is -3.81. The van der Waals surface area contributed by atoms with Gasteiger partial charge in [0.05, 0.1) is 10.6 Å². The molecule has 0 radical (unpaired) electrons.